The third-order valence-corrected chi connectivity index (χ3v) is 2.94. The zero-order valence-electron chi connectivity index (χ0n) is 10.1. The van der Waals surface area contributed by atoms with Crippen molar-refractivity contribution in [3.8, 4) is 0 Å². The van der Waals surface area contributed by atoms with Crippen LogP contribution >= 0.6 is 0 Å². The summed E-state index contributed by atoms with van der Waals surface area (Å²) >= 11 is 0. The number of carbonyl (C=O) groups excluding carboxylic acids is 1. The molecule has 1 aliphatic rings. The van der Waals surface area contributed by atoms with Crippen LogP contribution in [0.3, 0.4) is 0 Å². The molecule has 1 heterocycles. The highest BCUT2D eigenvalue weighted by molar-refractivity contribution is 5.94. The maximum Gasteiger partial charge on any atom is 0.231 e. The molecule has 1 aromatic heterocycles. The summed E-state index contributed by atoms with van der Waals surface area (Å²) in [6.07, 6.45) is 4.44. The first-order valence-electron chi connectivity index (χ1n) is 5.75. The number of amides is 1. The van der Waals surface area contributed by atoms with E-state index < -0.39 is 0 Å². The van der Waals surface area contributed by atoms with Crippen LogP contribution in [0.15, 0.2) is 24.3 Å². The third kappa shape index (κ3) is 2.71. The van der Waals surface area contributed by atoms with Crippen molar-refractivity contribution in [2.75, 3.05) is 5.32 Å². The van der Waals surface area contributed by atoms with E-state index in [0.29, 0.717) is 6.42 Å². The van der Waals surface area contributed by atoms with Gasteiger partial charge in [-0.15, -0.1) is 0 Å². The molecule has 3 N–H and O–H groups in total. The van der Waals surface area contributed by atoms with Crippen molar-refractivity contribution >= 4 is 11.6 Å². The standard InChI is InChI=1S/C13H17N3O/c1-8-3-6-12(9(2)15-8)16-13(17)10-4-5-11(14)7-10/h3-6,10-11H,7,14H2,1-2H3,(H,16,17). The number of pyridine rings is 1. The number of hydrogen-bond donors (Lipinski definition) is 2. The summed E-state index contributed by atoms with van der Waals surface area (Å²) in [7, 11) is 0. The highest BCUT2D eigenvalue weighted by Crippen LogP contribution is 2.20. The Morgan fingerprint density at radius 2 is 2.18 bits per heavy atom. The second-order valence-corrected chi connectivity index (χ2v) is 4.47. The third-order valence-electron chi connectivity index (χ3n) is 2.94. The molecule has 2 rings (SSSR count). The Morgan fingerprint density at radius 1 is 1.41 bits per heavy atom. The molecule has 2 unspecified atom stereocenters. The summed E-state index contributed by atoms with van der Waals surface area (Å²) in [6, 6.07) is 3.77. The van der Waals surface area contributed by atoms with Gasteiger partial charge in [-0.1, -0.05) is 12.2 Å². The minimum absolute atomic E-state index is 0.00277. The molecular weight excluding hydrogens is 214 g/mol. The smallest absolute Gasteiger partial charge is 0.231 e. The predicted molar refractivity (Wildman–Crippen MR) is 67.6 cm³/mol. The lowest BCUT2D eigenvalue weighted by atomic mass is 10.1. The van der Waals surface area contributed by atoms with E-state index in [9.17, 15) is 4.79 Å². The fourth-order valence-electron chi connectivity index (χ4n) is 1.97. The fraction of sp³-hybridized carbons (Fsp3) is 0.385. The van der Waals surface area contributed by atoms with E-state index in [0.717, 1.165) is 17.1 Å². The quantitative estimate of drug-likeness (QED) is 0.759. The van der Waals surface area contributed by atoms with Crippen molar-refractivity contribution in [1.82, 2.24) is 4.98 Å². The maximum absolute atomic E-state index is 12.0. The molecule has 2 atom stereocenters. The van der Waals surface area contributed by atoms with Gasteiger partial charge in [0.05, 0.1) is 17.3 Å². The van der Waals surface area contributed by atoms with Crippen LogP contribution in [0.2, 0.25) is 0 Å². The lowest BCUT2D eigenvalue weighted by molar-refractivity contribution is -0.118. The van der Waals surface area contributed by atoms with Crippen LogP contribution in [0.1, 0.15) is 17.8 Å². The second kappa shape index (κ2) is 4.67. The number of aryl methyl sites for hydroxylation is 2. The molecule has 0 radical (unpaired) electrons. The summed E-state index contributed by atoms with van der Waals surface area (Å²) in [5.41, 5.74) is 8.28. The first kappa shape index (κ1) is 11.8. The normalized spacial score (nSPS) is 22.8. The molecule has 90 valence electrons. The van der Waals surface area contributed by atoms with E-state index in [1.165, 1.54) is 0 Å². The van der Waals surface area contributed by atoms with E-state index in [1.54, 1.807) is 0 Å². The highest BCUT2D eigenvalue weighted by atomic mass is 16.1. The van der Waals surface area contributed by atoms with Gasteiger partial charge in [0.2, 0.25) is 5.91 Å². The average molecular weight is 231 g/mol. The van der Waals surface area contributed by atoms with Crippen molar-refractivity contribution in [2.24, 2.45) is 11.7 Å². The van der Waals surface area contributed by atoms with E-state index in [4.69, 9.17) is 5.73 Å². The van der Waals surface area contributed by atoms with E-state index in [2.05, 4.69) is 10.3 Å². The van der Waals surface area contributed by atoms with Crippen LogP contribution in [0, 0.1) is 19.8 Å². The summed E-state index contributed by atoms with van der Waals surface area (Å²) in [6.45, 7) is 3.82. The van der Waals surface area contributed by atoms with Crippen molar-refractivity contribution in [3.05, 3.63) is 35.7 Å². The molecule has 1 aromatic rings. The molecule has 0 saturated carbocycles. The van der Waals surface area contributed by atoms with Gasteiger partial charge in [-0.2, -0.15) is 0 Å². The number of nitrogens with two attached hydrogens (primary N) is 1. The maximum atomic E-state index is 12.0. The van der Waals surface area contributed by atoms with Crippen molar-refractivity contribution < 1.29 is 4.79 Å². The van der Waals surface area contributed by atoms with Gasteiger partial charge in [-0.25, -0.2) is 0 Å². The Hall–Kier alpha value is -1.68. The van der Waals surface area contributed by atoms with Gasteiger partial charge in [-0.3, -0.25) is 9.78 Å². The highest BCUT2D eigenvalue weighted by Gasteiger charge is 2.22. The molecular formula is C13H17N3O. The van der Waals surface area contributed by atoms with Crippen LogP contribution in [-0.2, 0) is 4.79 Å². The largest absolute Gasteiger partial charge is 0.324 e. The van der Waals surface area contributed by atoms with E-state index in [1.807, 2.05) is 38.1 Å². The summed E-state index contributed by atoms with van der Waals surface area (Å²) < 4.78 is 0. The lowest BCUT2D eigenvalue weighted by Crippen LogP contribution is -2.24. The molecule has 0 fully saturated rings. The summed E-state index contributed by atoms with van der Waals surface area (Å²) in [4.78, 5) is 16.3. The minimum Gasteiger partial charge on any atom is -0.324 e. The zero-order chi connectivity index (χ0) is 12.4. The number of hydrogen-bond acceptors (Lipinski definition) is 3. The Balaban J connectivity index is 2.06. The van der Waals surface area contributed by atoms with Crippen molar-refractivity contribution in [3.63, 3.8) is 0 Å². The zero-order valence-corrected chi connectivity index (χ0v) is 10.1. The minimum atomic E-state index is -0.120. The Labute approximate surface area is 101 Å². The van der Waals surface area contributed by atoms with Crippen molar-refractivity contribution in [2.45, 2.75) is 26.3 Å². The number of anilines is 1. The number of carbonyl (C=O) groups is 1. The lowest BCUT2D eigenvalue weighted by Gasteiger charge is -2.12. The van der Waals surface area contributed by atoms with Gasteiger partial charge in [0.1, 0.15) is 0 Å². The molecule has 1 amide bonds. The molecule has 0 saturated heterocycles. The second-order valence-electron chi connectivity index (χ2n) is 4.47. The molecule has 4 heteroatoms. The van der Waals surface area contributed by atoms with E-state index in [-0.39, 0.29) is 17.9 Å². The number of nitrogens with one attached hydrogen (secondary N) is 1. The van der Waals surface area contributed by atoms with Gasteiger partial charge in [-0.05, 0) is 32.4 Å². The summed E-state index contributed by atoms with van der Waals surface area (Å²) in [5.74, 6) is -0.131. The van der Waals surface area contributed by atoms with Gasteiger partial charge < -0.3 is 11.1 Å². The number of aromatic nitrogens is 1. The Morgan fingerprint density at radius 3 is 2.76 bits per heavy atom. The fourth-order valence-corrected chi connectivity index (χ4v) is 1.97. The number of rotatable bonds is 2. The van der Waals surface area contributed by atoms with Crippen LogP contribution in [0.25, 0.3) is 0 Å². The molecule has 0 aliphatic heterocycles. The Kier molecular flexibility index (Phi) is 3.24. The van der Waals surface area contributed by atoms with Gasteiger partial charge in [0.25, 0.3) is 0 Å². The Bertz CT molecular complexity index is 468. The molecule has 1 aliphatic carbocycles. The van der Waals surface area contributed by atoms with Gasteiger partial charge in [0, 0.05) is 11.7 Å². The molecule has 4 nitrogen and oxygen atoms in total. The van der Waals surface area contributed by atoms with Crippen LogP contribution in [0.5, 0.6) is 0 Å². The first-order valence-corrected chi connectivity index (χ1v) is 5.75. The van der Waals surface area contributed by atoms with Gasteiger partial charge >= 0.3 is 0 Å². The van der Waals surface area contributed by atoms with Crippen LogP contribution in [-0.4, -0.2) is 16.9 Å². The summed E-state index contributed by atoms with van der Waals surface area (Å²) in [5, 5.41) is 2.89. The first-order chi connectivity index (χ1) is 8.06. The average Bonchev–Trinajstić information content (AvgIpc) is 2.69. The molecule has 0 bridgehead atoms. The monoisotopic (exact) mass is 231 g/mol. The predicted octanol–water partition coefficient (Wildman–Crippen LogP) is 1.54. The van der Waals surface area contributed by atoms with Crippen LogP contribution < -0.4 is 11.1 Å². The van der Waals surface area contributed by atoms with Gasteiger partial charge in [0.15, 0.2) is 0 Å². The molecule has 0 spiro atoms. The molecule has 17 heavy (non-hydrogen) atoms. The molecule has 0 aromatic carbocycles. The van der Waals surface area contributed by atoms with E-state index >= 15 is 0 Å². The van der Waals surface area contributed by atoms with Crippen molar-refractivity contribution in [1.29, 1.82) is 0 Å². The van der Waals surface area contributed by atoms with Crippen LogP contribution in [0.4, 0.5) is 5.69 Å². The topological polar surface area (TPSA) is 68.0 Å². The number of nitrogens with zero attached hydrogens (tertiary/aromatic N) is 1. The SMILES string of the molecule is Cc1ccc(NC(=O)C2C=CC(N)C2)c(C)n1.